The molecule has 0 amide bonds. The van der Waals surface area contributed by atoms with Gasteiger partial charge in [0.25, 0.3) is 0 Å². The number of methoxy groups -OCH3 is 1. The van der Waals surface area contributed by atoms with E-state index in [0.29, 0.717) is 13.2 Å². The fraction of sp³-hybridized carbons (Fsp3) is 1.00. The minimum atomic E-state index is 0.140. The van der Waals surface area contributed by atoms with Crippen molar-refractivity contribution in [2.45, 2.75) is 26.4 Å². The highest BCUT2D eigenvalue weighted by Crippen LogP contribution is 2.02. The number of hydrogen-bond donors (Lipinski definition) is 1. The Morgan fingerprint density at radius 3 is 2.42 bits per heavy atom. The van der Waals surface area contributed by atoms with E-state index in [0.717, 1.165) is 6.42 Å². The average molecular weight is 176 g/mol. The highest BCUT2D eigenvalue weighted by atomic mass is 16.5. The number of ether oxygens (including phenoxy) is 2. The Morgan fingerprint density at radius 2 is 2.00 bits per heavy atom. The van der Waals surface area contributed by atoms with Crippen molar-refractivity contribution in [3.05, 3.63) is 0 Å². The van der Waals surface area contributed by atoms with Gasteiger partial charge in [-0.3, -0.25) is 0 Å². The first kappa shape index (κ1) is 11.9. The molecule has 0 saturated carbocycles. The van der Waals surface area contributed by atoms with E-state index >= 15 is 0 Å². The number of aliphatic hydroxyl groups is 1. The van der Waals surface area contributed by atoms with E-state index in [1.807, 2.05) is 13.8 Å². The second-order valence-electron chi connectivity index (χ2n) is 3.04. The first-order chi connectivity index (χ1) is 5.74. The monoisotopic (exact) mass is 176 g/mol. The summed E-state index contributed by atoms with van der Waals surface area (Å²) in [7, 11) is 1.66. The number of aliphatic hydroxyl groups excluding tert-OH is 1. The molecule has 0 saturated heterocycles. The van der Waals surface area contributed by atoms with E-state index in [-0.39, 0.29) is 18.6 Å². The third-order valence-electron chi connectivity index (χ3n) is 1.94. The number of hydrogen-bond acceptors (Lipinski definition) is 3. The van der Waals surface area contributed by atoms with Crippen LogP contribution in [0.3, 0.4) is 0 Å². The second-order valence-corrected chi connectivity index (χ2v) is 3.04. The van der Waals surface area contributed by atoms with Gasteiger partial charge >= 0.3 is 0 Å². The van der Waals surface area contributed by atoms with Crippen molar-refractivity contribution in [3.8, 4) is 0 Å². The van der Waals surface area contributed by atoms with Gasteiger partial charge in [0.15, 0.2) is 0 Å². The summed E-state index contributed by atoms with van der Waals surface area (Å²) in [6.07, 6.45) is 1.10. The van der Waals surface area contributed by atoms with E-state index in [1.165, 1.54) is 0 Å². The molecular weight excluding hydrogens is 156 g/mol. The molecule has 0 aromatic heterocycles. The first-order valence-corrected chi connectivity index (χ1v) is 4.45. The van der Waals surface area contributed by atoms with E-state index in [9.17, 15) is 0 Å². The third-order valence-corrected chi connectivity index (χ3v) is 1.94. The summed E-state index contributed by atoms with van der Waals surface area (Å²) in [4.78, 5) is 0. The van der Waals surface area contributed by atoms with Gasteiger partial charge in [-0.2, -0.15) is 0 Å². The van der Waals surface area contributed by atoms with Crippen molar-refractivity contribution in [2.24, 2.45) is 5.92 Å². The van der Waals surface area contributed by atoms with E-state index in [4.69, 9.17) is 14.6 Å². The maximum absolute atomic E-state index is 8.84. The minimum absolute atomic E-state index is 0.140. The van der Waals surface area contributed by atoms with Crippen LogP contribution in [0.25, 0.3) is 0 Å². The van der Waals surface area contributed by atoms with Crippen LogP contribution in [0.1, 0.15) is 20.3 Å². The lowest BCUT2D eigenvalue weighted by atomic mass is 10.1. The maximum atomic E-state index is 8.84. The summed E-state index contributed by atoms with van der Waals surface area (Å²) in [5.41, 5.74) is 0. The van der Waals surface area contributed by atoms with Crippen LogP contribution in [0.5, 0.6) is 0 Å². The molecule has 0 aliphatic carbocycles. The van der Waals surface area contributed by atoms with Crippen LogP contribution in [0.2, 0.25) is 0 Å². The molecule has 0 rings (SSSR count). The van der Waals surface area contributed by atoms with E-state index in [1.54, 1.807) is 7.11 Å². The normalized spacial score (nSPS) is 16.0. The van der Waals surface area contributed by atoms with Gasteiger partial charge in [0.1, 0.15) is 0 Å². The van der Waals surface area contributed by atoms with Gasteiger partial charge in [0, 0.05) is 19.6 Å². The summed E-state index contributed by atoms with van der Waals surface area (Å²) >= 11 is 0. The Morgan fingerprint density at radius 1 is 1.33 bits per heavy atom. The van der Waals surface area contributed by atoms with Gasteiger partial charge in [-0.25, -0.2) is 0 Å². The van der Waals surface area contributed by atoms with Crippen LogP contribution in [-0.4, -0.2) is 38.1 Å². The Bertz CT molecular complexity index is 91.8. The van der Waals surface area contributed by atoms with Gasteiger partial charge in [-0.05, 0) is 13.3 Å². The van der Waals surface area contributed by atoms with Crippen LogP contribution in [0.4, 0.5) is 0 Å². The van der Waals surface area contributed by atoms with Gasteiger partial charge in [0.05, 0.1) is 19.3 Å². The van der Waals surface area contributed by atoms with Crippen molar-refractivity contribution in [1.82, 2.24) is 0 Å². The molecule has 0 heterocycles. The Hall–Kier alpha value is -0.120. The zero-order valence-electron chi connectivity index (χ0n) is 8.25. The molecule has 74 valence electrons. The van der Waals surface area contributed by atoms with Crippen molar-refractivity contribution in [2.75, 3.05) is 26.9 Å². The van der Waals surface area contributed by atoms with Crippen LogP contribution in [-0.2, 0) is 9.47 Å². The second kappa shape index (κ2) is 7.53. The molecule has 0 aromatic carbocycles. The van der Waals surface area contributed by atoms with Crippen LogP contribution in [0.15, 0.2) is 0 Å². The minimum Gasteiger partial charge on any atom is -0.396 e. The predicted molar refractivity (Wildman–Crippen MR) is 48.2 cm³/mol. The van der Waals surface area contributed by atoms with Crippen LogP contribution in [0, 0.1) is 5.92 Å². The van der Waals surface area contributed by atoms with Gasteiger partial charge < -0.3 is 14.6 Å². The molecule has 3 nitrogen and oxygen atoms in total. The number of rotatable bonds is 7. The topological polar surface area (TPSA) is 38.7 Å². The Kier molecular flexibility index (Phi) is 7.45. The highest BCUT2D eigenvalue weighted by molar-refractivity contribution is 4.53. The average Bonchev–Trinajstić information content (AvgIpc) is 2.12. The summed E-state index contributed by atoms with van der Waals surface area (Å²) in [5.74, 6) is 0.272. The molecule has 1 N–H and O–H groups in total. The summed E-state index contributed by atoms with van der Waals surface area (Å²) in [6.45, 7) is 5.44. The SMILES string of the molecule is CCC(CO)COCC(C)OC. The standard InChI is InChI=1S/C9H20O3/c1-4-9(5-10)7-12-6-8(2)11-3/h8-10H,4-7H2,1-3H3. The lowest BCUT2D eigenvalue weighted by Crippen LogP contribution is -2.19. The van der Waals surface area contributed by atoms with Crippen molar-refractivity contribution >= 4 is 0 Å². The molecule has 0 aliphatic heterocycles. The quantitative estimate of drug-likeness (QED) is 0.630. The van der Waals surface area contributed by atoms with Crippen LogP contribution < -0.4 is 0 Å². The lowest BCUT2D eigenvalue weighted by Gasteiger charge is -2.14. The predicted octanol–water partition coefficient (Wildman–Crippen LogP) is 1.06. The molecule has 2 unspecified atom stereocenters. The molecule has 0 aromatic rings. The molecule has 0 aliphatic rings. The van der Waals surface area contributed by atoms with Gasteiger partial charge in [0.2, 0.25) is 0 Å². The molecule has 0 spiro atoms. The fourth-order valence-electron chi connectivity index (χ4n) is 0.768. The molecule has 0 fully saturated rings. The van der Waals surface area contributed by atoms with Crippen molar-refractivity contribution in [1.29, 1.82) is 0 Å². The largest absolute Gasteiger partial charge is 0.396 e. The molecule has 12 heavy (non-hydrogen) atoms. The van der Waals surface area contributed by atoms with Gasteiger partial charge in [-0.15, -0.1) is 0 Å². The Balaban J connectivity index is 3.28. The third kappa shape index (κ3) is 5.52. The summed E-state index contributed by atoms with van der Waals surface area (Å²) in [6, 6.07) is 0. The van der Waals surface area contributed by atoms with Crippen LogP contribution >= 0.6 is 0 Å². The summed E-state index contributed by atoms with van der Waals surface area (Å²) < 4.78 is 10.4. The fourth-order valence-corrected chi connectivity index (χ4v) is 0.768. The zero-order chi connectivity index (χ0) is 9.40. The summed E-state index contributed by atoms with van der Waals surface area (Å²) in [5, 5.41) is 8.84. The van der Waals surface area contributed by atoms with Crippen molar-refractivity contribution in [3.63, 3.8) is 0 Å². The van der Waals surface area contributed by atoms with E-state index < -0.39 is 0 Å². The maximum Gasteiger partial charge on any atom is 0.0776 e. The van der Waals surface area contributed by atoms with Gasteiger partial charge in [-0.1, -0.05) is 6.92 Å². The molecule has 2 atom stereocenters. The molecule has 0 radical (unpaired) electrons. The van der Waals surface area contributed by atoms with Crippen molar-refractivity contribution < 1.29 is 14.6 Å². The molecule has 0 bridgehead atoms. The van der Waals surface area contributed by atoms with E-state index in [2.05, 4.69) is 0 Å². The highest BCUT2D eigenvalue weighted by Gasteiger charge is 2.05. The zero-order valence-corrected chi connectivity index (χ0v) is 8.25. The lowest BCUT2D eigenvalue weighted by molar-refractivity contribution is -0.00159. The smallest absolute Gasteiger partial charge is 0.0776 e. The molecule has 3 heteroatoms. The molecular formula is C9H20O3. The first-order valence-electron chi connectivity index (χ1n) is 4.45. The Labute approximate surface area is 74.7 Å².